The molecule has 2 aliphatic carbocycles. The quantitative estimate of drug-likeness (QED) is 0.535. The molecule has 4 nitrogen and oxygen atoms in total. The molecule has 0 amide bonds. The van der Waals surface area contributed by atoms with Crippen molar-refractivity contribution in [3.8, 4) is 11.5 Å². The highest BCUT2D eigenvalue weighted by atomic mass is 16.4. The summed E-state index contributed by atoms with van der Waals surface area (Å²) in [5.41, 5.74) is 9.84. The van der Waals surface area contributed by atoms with Crippen LogP contribution in [0.4, 0.5) is 0 Å². The van der Waals surface area contributed by atoms with E-state index in [2.05, 4.69) is 89.3 Å². The van der Waals surface area contributed by atoms with Crippen molar-refractivity contribution in [2.45, 2.75) is 27.2 Å². The van der Waals surface area contributed by atoms with E-state index in [-0.39, 0.29) is 0 Å². The zero-order valence-corrected chi connectivity index (χ0v) is 18.2. The van der Waals surface area contributed by atoms with E-state index in [0.717, 1.165) is 30.6 Å². The van der Waals surface area contributed by atoms with E-state index in [1.165, 1.54) is 33.6 Å². The molecule has 2 aliphatic rings. The summed E-state index contributed by atoms with van der Waals surface area (Å²) in [6.45, 7) is 8.18. The highest BCUT2D eigenvalue weighted by Crippen LogP contribution is 2.41. The number of aryl methyl sites for hydroxylation is 1. The second kappa shape index (κ2) is 7.95. The molecule has 31 heavy (non-hydrogen) atoms. The molecule has 1 aromatic heterocycles. The van der Waals surface area contributed by atoms with Gasteiger partial charge in [-0.1, -0.05) is 42.5 Å². The Bertz CT molecular complexity index is 1280. The van der Waals surface area contributed by atoms with E-state index in [4.69, 9.17) is 4.42 Å². The Balaban J connectivity index is 1.75. The molecule has 0 saturated carbocycles. The minimum atomic E-state index is 0.561. The largest absolute Gasteiger partial charge is 0.421 e. The standard InChI is InChI=1S/C27H26N3O/c1-4-30(5-2)22-15-21-14-19-10-6-7-11-20(19)16-25(21)26(17-22)23-12-8-9-13-24(23)27-29-28-18(3)31-27/h6-13,15-17H,4-5,14H2,1-3H3/q+1. The summed E-state index contributed by atoms with van der Waals surface area (Å²) < 4.78 is 8.22. The minimum Gasteiger partial charge on any atom is -0.421 e. The van der Waals surface area contributed by atoms with Crippen LogP contribution < -0.4 is 0 Å². The summed E-state index contributed by atoms with van der Waals surface area (Å²) in [7, 11) is 0. The van der Waals surface area contributed by atoms with Crippen LogP contribution in [0.3, 0.4) is 0 Å². The number of aromatic nitrogens is 2. The van der Waals surface area contributed by atoms with Gasteiger partial charge in [0.1, 0.15) is 13.1 Å². The minimum absolute atomic E-state index is 0.561. The fourth-order valence-corrected chi connectivity index (χ4v) is 4.51. The third kappa shape index (κ3) is 3.48. The summed E-state index contributed by atoms with van der Waals surface area (Å²) in [5, 5.41) is 8.36. The van der Waals surface area contributed by atoms with Gasteiger partial charge in [-0.05, 0) is 65.8 Å². The average molecular weight is 409 g/mol. The normalized spacial score (nSPS) is 14.9. The first-order chi connectivity index (χ1) is 15.2. The van der Waals surface area contributed by atoms with Crippen LogP contribution in [0.2, 0.25) is 0 Å². The molecule has 0 atom stereocenters. The number of rotatable bonds is 4. The van der Waals surface area contributed by atoms with Gasteiger partial charge in [-0.15, -0.1) is 10.2 Å². The molecule has 5 rings (SSSR count). The third-order valence-electron chi connectivity index (χ3n) is 6.09. The van der Waals surface area contributed by atoms with Crippen molar-refractivity contribution in [2.24, 2.45) is 0 Å². The zero-order valence-electron chi connectivity index (χ0n) is 18.2. The van der Waals surface area contributed by atoms with E-state index in [0.29, 0.717) is 11.8 Å². The predicted octanol–water partition coefficient (Wildman–Crippen LogP) is 5.50. The first-order valence-corrected chi connectivity index (χ1v) is 10.9. The van der Waals surface area contributed by atoms with Crippen LogP contribution >= 0.6 is 0 Å². The van der Waals surface area contributed by atoms with Crippen molar-refractivity contribution in [3.63, 3.8) is 0 Å². The van der Waals surface area contributed by atoms with Crippen molar-refractivity contribution < 1.29 is 8.99 Å². The first-order valence-electron chi connectivity index (χ1n) is 10.9. The van der Waals surface area contributed by atoms with Crippen LogP contribution in [0.15, 0.2) is 76.2 Å². The zero-order chi connectivity index (χ0) is 21.4. The fraction of sp³-hybridized carbons (Fsp3) is 0.222. The van der Waals surface area contributed by atoms with E-state index in [1.54, 1.807) is 0 Å². The molecule has 0 N–H and O–H groups in total. The molecule has 2 aromatic carbocycles. The number of hydrogen-bond acceptors (Lipinski definition) is 3. The highest BCUT2D eigenvalue weighted by Gasteiger charge is 2.28. The van der Waals surface area contributed by atoms with E-state index >= 15 is 0 Å². The maximum atomic E-state index is 5.81. The van der Waals surface area contributed by atoms with Crippen molar-refractivity contribution in [1.82, 2.24) is 10.2 Å². The Kier molecular flexibility index (Phi) is 4.99. The lowest BCUT2D eigenvalue weighted by molar-refractivity contribution is -0.519. The molecule has 1 heterocycles. The second-order valence-electron chi connectivity index (χ2n) is 7.93. The summed E-state index contributed by atoms with van der Waals surface area (Å²) in [6.07, 6.45) is 7.94. The molecule has 3 aromatic rings. The Hall–Kier alpha value is -3.53. The van der Waals surface area contributed by atoms with Gasteiger partial charge < -0.3 is 4.42 Å². The van der Waals surface area contributed by atoms with Crippen LogP contribution in [0, 0.1) is 6.92 Å². The molecule has 0 radical (unpaired) electrons. The molecular weight excluding hydrogens is 382 g/mol. The van der Waals surface area contributed by atoms with E-state index in [1.807, 2.05) is 13.0 Å². The number of nitrogens with zero attached hydrogens (tertiary/aromatic N) is 3. The SMILES string of the molecule is CC[N+](CC)=C1C=C2Cc3ccccc3C=C2C(c2ccccc2-c2nnc(C)o2)=C1. The number of fused-ring (bicyclic) bond motifs is 2. The molecular formula is C27H26N3O+. The smallest absolute Gasteiger partial charge is 0.248 e. The Morgan fingerprint density at radius 2 is 1.58 bits per heavy atom. The Labute approximate surface area is 183 Å². The molecule has 0 spiro atoms. The van der Waals surface area contributed by atoms with Crippen molar-refractivity contribution >= 4 is 17.4 Å². The number of benzene rings is 2. The van der Waals surface area contributed by atoms with Gasteiger partial charge in [0, 0.05) is 24.6 Å². The van der Waals surface area contributed by atoms with Crippen molar-refractivity contribution in [1.29, 1.82) is 0 Å². The van der Waals surface area contributed by atoms with Gasteiger partial charge in [-0.3, -0.25) is 0 Å². The summed E-state index contributed by atoms with van der Waals surface area (Å²) >= 11 is 0. The predicted molar refractivity (Wildman–Crippen MR) is 125 cm³/mol. The molecule has 0 bridgehead atoms. The first kappa shape index (κ1) is 19.4. The lowest BCUT2D eigenvalue weighted by Crippen LogP contribution is -2.22. The maximum Gasteiger partial charge on any atom is 0.248 e. The topological polar surface area (TPSA) is 41.9 Å². The Morgan fingerprint density at radius 3 is 2.32 bits per heavy atom. The van der Waals surface area contributed by atoms with Crippen LogP contribution in [-0.4, -0.2) is 33.6 Å². The van der Waals surface area contributed by atoms with Gasteiger partial charge >= 0.3 is 0 Å². The van der Waals surface area contributed by atoms with Gasteiger partial charge in [0.25, 0.3) is 0 Å². The maximum absolute atomic E-state index is 5.81. The average Bonchev–Trinajstić information content (AvgIpc) is 3.24. The van der Waals surface area contributed by atoms with Gasteiger partial charge in [0.05, 0.1) is 0 Å². The summed E-state index contributed by atoms with van der Waals surface area (Å²) in [4.78, 5) is 0. The van der Waals surface area contributed by atoms with Crippen LogP contribution in [0.25, 0.3) is 23.1 Å². The summed E-state index contributed by atoms with van der Waals surface area (Å²) in [5.74, 6) is 1.13. The van der Waals surface area contributed by atoms with Gasteiger partial charge in [-0.2, -0.15) is 0 Å². The molecule has 154 valence electrons. The van der Waals surface area contributed by atoms with Crippen LogP contribution in [0.5, 0.6) is 0 Å². The fourth-order valence-electron chi connectivity index (χ4n) is 4.51. The second-order valence-corrected chi connectivity index (χ2v) is 7.93. The Morgan fingerprint density at radius 1 is 0.839 bits per heavy atom. The highest BCUT2D eigenvalue weighted by molar-refractivity contribution is 6.14. The molecule has 4 heteroatoms. The van der Waals surface area contributed by atoms with Gasteiger partial charge in [-0.25, -0.2) is 4.58 Å². The molecule has 0 fully saturated rings. The number of allylic oxidation sites excluding steroid dienone is 5. The summed E-state index contributed by atoms with van der Waals surface area (Å²) in [6, 6.07) is 17.0. The van der Waals surface area contributed by atoms with Crippen molar-refractivity contribution in [3.05, 3.63) is 94.4 Å². The molecule has 0 aliphatic heterocycles. The van der Waals surface area contributed by atoms with E-state index in [9.17, 15) is 0 Å². The molecule has 0 unspecified atom stereocenters. The van der Waals surface area contributed by atoms with Crippen molar-refractivity contribution in [2.75, 3.05) is 13.1 Å². The monoisotopic (exact) mass is 408 g/mol. The van der Waals surface area contributed by atoms with Crippen LogP contribution in [0.1, 0.15) is 36.4 Å². The lowest BCUT2D eigenvalue weighted by atomic mass is 9.78. The van der Waals surface area contributed by atoms with E-state index < -0.39 is 0 Å². The molecule has 0 saturated heterocycles. The number of hydrogen-bond donors (Lipinski definition) is 0. The van der Waals surface area contributed by atoms with Gasteiger partial charge in [0.15, 0.2) is 0 Å². The van der Waals surface area contributed by atoms with Gasteiger partial charge in [0.2, 0.25) is 17.5 Å². The lowest BCUT2D eigenvalue weighted by Gasteiger charge is -2.26. The third-order valence-corrected chi connectivity index (χ3v) is 6.09. The van der Waals surface area contributed by atoms with Crippen LogP contribution in [-0.2, 0) is 6.42 Å².